The summed E-state index contributed by atoms with van der Waals surface area (Å²) in [5.74, 6) is 1.67. The third-order valence-electron chi connectivity index (χ3n) is 4.08. The number of nitrogens with zero attached hydrogens (tertiary/aromatic N) is 2. The van der Waals surface area contributed by atoms with E-state index in [1.807, 2.05) is 6.20 Å². The van der Waals surface area contributed by atoms with E-state index in [9.17, 15) is 0 Å². The molecule has 28 heavy (non-hydrogen) atoms. The van der Waals surface area contributed by atoms with Crippen molar-refractivity contribution < 1.29 is 9.47 Å². The SMILES string of the molecule is CCNC(=NCc1ccc(C)cc1OCCCOC)NCc1ncc(CC)s1. The van der Waals surface area contributed by atoms with Gasteiger partial charge >= 0.3 is 0 Å². The predicted octanol–water partition coefficient (Wildman–Crippen LogP) is 3.68. The third kappa shape index (κ3) is 7.48. The highest BCUT2D eigenvalue weighted by molar-refractivity contribution is 7.11. The molecular weight excluding hydrogens is 372 g/mol. The number of aliphatic imine (C=N–C) groups is 1. The normalized spacial score (nSPS) is 11.5. The van der Waals surface area contributed by atoms with E-state index >= 15 is 0 Å². The van der Waals surface area contributed by atoms with Gasteiger partial charge in [-0.1, -0.05) is 19.1 Å². The summed E-state index contributed by atoms with van der Waals surface area (Å²) in [6.45, 7) is 9.63. The van der Waals surface area contributed by atoms with Crippen molar-refractivity contribution in [2.45, 2.75) is 46.7 Å². The van der Waals surface area contributed by atoms with E-state index in [2.05, 4.69) is 54.6 Å². The second-order valence-electron chi connectivity index (χ2n) is 6.43. The average molecular weight is 405 g/mol. The van der Waals surface area contributed by atoms with Crippen LogP contribution in [0.5, 0.6) is 5.75 Å². The first-order valence-corrected chi connectivity index (χ1v) is 10.6. The van der Waals surface area contributed by atoms with Crippen molar-refractivity contribution in [3.05, 3.63) is 45.4 Å². The van der Waals surface area contributed by atoms with Crippen molar-refractivity contribution in [2.24, 2.45) is 4.99 Å². The van der Waals surface area contributed by atoms with Gasteiger partial charge in [-0.2, -0.15) is 0 Å². The van der Waals surface area contributed by atoms with E-state index in [1.54, 1.807) is 18.4 Å². The van der Waals surface area contributed by atoms with Crippen molar-refractivity contribution in [1.82, 2.24) is 15.6 Å². The lowest BCUT2D eigenvalue weighted by molar-refractivity contribution is 0.172. The molecule has 0 bridgehead atoms. The standard InChI is InChI=1S/C21H32N4O2S/c1-5-18-14-23-20(28-18)15-25-21(22-6-2)24-13-17-9-8-16(3)12-19(17)27-11-7-10-26-4/h8-9,12,14H,5-7,10-11,13,15H2,1-4H3,(H2,22,24,25). The molecule has 0 aliphatic carbocycles. The number of nitrogens with one attached hydrogen (secondary N) is 2. The van der Waals surface area contributed by atoms with Crippen LogP contribution in [0, 0.1) is 6.92 Å². The van der Waals surface area contributed by atoms with Crippen molar-refractivity contribution in [3.63, 3.8) is 0 Å². The van der Waals surface area contributed by atoms with E-state index in [4.69, 9.17) is 14.5 Å². The van der Waals surface area contributed by atoms with Gasteiger partial charge in [0.2, 0.25) is 0 Å². The maximum atomic E-state index is 5.96. The van der Waals surface area contributed by atoms with Gasteiger partial charge in [0, 0.05) is 43.3 Å². The number of rotatable bonds is 11. The Morgan fingerprint density at radius 1 is 1.21 bits per heavy atom. The maximum absolute atomic E-state index is 5.96. The number of aromatic nitrogens is 1. The molecule has 0 aliphatic rings. The van der Waals surface area contributed by atoms with Crippen molar-refractivity contribution in [1.29, 1.82) is 0 Å². The van der Waals surface area contributed by atoms with E-state index in [-0.39, 0.29) is 0 Å². The smallest absolute Gasteiger partial charge is 0.191 e. The molecule has 1 aromatic carbocycles. The lowest BCUT2D eigenvalue weighted by atomic mass is 10.1. The minimum Gasteiger partial charge on any atom is -0.493 e. The number of benzene rings is 1. The van der Waals surface area contributed by atoms with Gasteiger partial charge in [0.05, 0.1) is 19.7 Å². The molecule has 0 spiro atoms. The molecule has 0 amide bonds. The first kappa shape index (κ1) is 22.2. The molecule has 0 radical (unpaired) electrons. The van der Waals surface area contributed by atoms with Crippen LogP contribution in [0.4, 0.5) is 0 Å². The first-order valence-electron chi connectivity index (χ1n) is 9.83. The van der Waals surface area contributed by atoms with Gasteiger partial charge in [-0.25, -0.2) is 9.98 Å². The third-order valence-corrected chi connectivity index (χ3v) is 5.22. The van der Waals surface area contributed by atoms with Gasteiger partial charge < -0.3 is 20.1 Å². The van der Waals surface area contributed by atoms with Crippen LogP contribution in [0.3, 0.4) is 0 Å². The zero-order chi connectivity index (χ0) is 20.2. The van der Waals surface area contributed by atoms with Crippen LogP contribution in [0.15, 0.2) is 29.4 Å². The van der Waals surface area contributed by atoms with Gasteiger partial charge in [-0.05, 0) is 31.9 Å². The number of guanidine groups is 1. The van der Waals surface area contributed by atoms with Crippen LogP contribution in [0.2, 0.25) is 0 Å². The minimum absolute atomic E-state index is 0.549. The quantitative estimate of drug-likeness (QED) is 0.340. The Hall–Kier alpha value is -2.12. The Morgan fingerprint density at radius 2 is 2.07 bits per heavy atom. The molecule has 2 N–H and O–H groups in total. The van der Waals surface area contributed by atoms with E-state index in [0.29, 0.717) is 26.3 Å². The van der Waals surface area contributed by atoms with Crippen LogP contribution in [-0.2, 0) is 24.2 Å². The molecule has 0 atom stereocenters. The highest BCUT2D eigenvalue weighted by Gasteiger charge is 2.06. The molecule has 1 aromatic heterocycles. The van der Waals surface area contributed by atoms with Gasteiger partial charge in [0.1, 0.15) is 10.8 Å². The van der Waals surface area contributed by atoms with E-state index < -0.39 is 0 Å². The molecule has 2 rings (SSSR count). The molecule has 6 nitrogen and oxygen atoms in total. The molecular formula is C21H32N4O2S. The summed E-state index contributed by atoms with van der Waals surface area (Å²) in [5.41, 5.74) is 2.25. The molecule has 0 saturated heterocycles. The lowest BCUT2D eigenvalue weighted by Crippen LogP contribution is -2.36. The number of ether oxygens (including phenoxy) is 2. The topological polar surface area (TPSA) is 67.8 Å². The summed E-state index contributed by atoms with van der Waals surface area (Å²) in [7, 11) is 1.71. The summed E-state index contributed by atoms with van der Waals surface area (Å²) in [6.07, 6.45) is 3.84. The van der Waals surface area contributed by atoms with Crippen LogP contribution >= 0.6 is 11.3 Å². The van der Waals surface area contributed by atoms with E-state index in [1.165, 1.54) is 10.4 Å². The van der Waals surface area contributed by atoms with Crippen LogP contribution in [-0.4, -0.2) is 37.8 Å². The molecule has 0 unspecified atom stereocenters. The Labute approximate surface area is 172 Å². The Bertz CT molecular complexity index is 746. The minimum atomic E-state index is 0.549. The fraction of sp³-hybridized carbons (Fsp3) is 0.524. The fourth-order valence-electron chi connectivity index (χ4n) is 2.57. The molecule has 0 saturated carbocycles. The van der Waals surface area contributed by atoms with Crippen LogP contribution in [0.1, 0.15) is 41.3 Å². The van der Waals surface area contributed by atoms with Gasteiger partial charge in [0.25, 0.3) is 0 Å². The van der Waals surface area contributed by atoms with Crippen molar-refractivity contribution in [3.8, 4) is 5.75 Å². The predicted molar refractivity (Wildman–Crippen MR) is 116 cm³/mol. The van der Waals surface area contributed by atoms with Crippen LogP contribution in [0.25, 0.3) is 0 Å². The van der Waals surface area contributed by atoms with Gasteiger partial charge in [0.15, 0.2) is 5.96 Å². The van der Waals surface area contributed by atoms with Gasteiger partial charge in [-0.15, -0.1) is 11.3 Å². The van der Waals surface area contributed by atoms with Gasteiger partial charge in [-0.3, -0.25) is 0 Å². The maximum Gasteiger partial charge on any atom is 0.191 e. The zero-order valence-electron chi connectivity index (χ0n) is 17.4. The average Bonchev–Trinajstić information content (AvgIpc) is 3.16. The number of hydrogen-bond acceptors (Lipinski definition) is 5. The number of thiazole rings is 1. The van der Waals surface area contributed by atoms with Crippen LogP contribution < -0.4 is 15.4 Å². The monoisotopic (exact) mass is 404 g/mol. The summed E-state index contributed by atoms with van der Waals surface area (Å²) < 4.78 is 11.0. The number of hydrogen-bond donors (Lipinski definition) is 2. The molecule has 0 aliphatic heterocycles. The summed E-state index contributed by atoms with van der Waals surface area (Å²) in [6, 6.07) is 6.25. The van der Waals surface area contributed by atoms with E-state index in [0.717, 1.165) is 41.7 Å². The summed E-state index contributed by atoms with van der Waals surface area (Å²) >= 11 is 1.74. The Morgan fingerprint density at radius 3 is 2.79 bits per heavy atom. The number of aryl methyl sites for hydroxylation is 2. The van der Waals surface area contributed by atoms with Crippen molar-refractivity contribution >= 4 is 17.3 Å². The second-order valence-corrected chi connectivity index (χ2v) is 7.63. The molecule has 7 heteroatoms. The molecule has 2 aromatic rings. The highest BCUT2D eigenvalue weighted by Crippen LogP contribution is 2.21. The summed E-state index contributed by atoms with van der Waals surface area (Å²) in [5, 5.41) is 7.73. The largest absolute Gasteiger partial charge is 0.493 e. The molecule has 1 heterocycles. The fourth-order valence-corrected chi connectivity index (χ4v) is 3.37. The molecule has 154 valence electrons. The zero-order valence-corrected chi connectivity index (χ0v) is 18.2. The Balaban J connectivity index is 2.00. The number of methoxy groups -OCH3 is 1. The second kappa shape index (κ2) is 12.4. The highest BCUT2D eigenvalue weighted by atomic mass is 32.1. The summed E-state index contributed by atoms with van der Waals surface area (Å²) in [4.78, 5) is 10.5. The molecule has 0 fully saturated rings. The lowest BCUT2D eigenvalue weighted by Gasteiger charge is -2.13. The first-order chi connectivity index (χ1) is 13.7. The van der Waals surface area contributed by atoms with Crippen molar-refractivity contribution in [2.75, 3.05) is 26.9 Å². The Kier molecular flexibility index (Phi) is 9.79.